The molecule has 1 atom stereocenters. The Morgan fingerprint density at radius 1 is 1.25 bits per heavy atom. The zero-order chi connectivity index (χ0) is 16.8. The fraction of sp³-hybridized carbons (Fsp3) is 0.611. The zero-order valence-corrected chi connectivity index (χ0v) is 14.7. The first-order valence-corrected chi connectivity index (χ1v) is 8.87. The number of piperidine rings is 1. The molecule has 1 unspecified atom stereocenters. The Kier molecular flexibility index (Phi) is 5.80. The molecular weight excluding hydrogens is 304 g/mol. The van der Waals surface area contributed by atoms with E-state index in [1.165, 1.54) is 25.8 Å². The van der Waals surface area contributed by atoms with E-state index in [4.69, 9.17) is 9.47 Å². The van der Waals surface area contributed by atoms with Crippen molar-refractivity contribution in [2.45, 2.75) is 38.8 Å². The Hall–Kier alpha value is -1.95. The third kappa shape index (κ3) is 4.12. The summed E-state index contributed by atoms with van der Waals surface area (Å²) in [6, 6.07) is 6.63. The minimum atomic E-state index is 0.310. The summed E-state index contributed by atoms with van der Waals surface area (Å²) in [4.78, 5) is 6.89. The molecule has 1 saturated heterocycles. The molecule has 2 aliphatic rings. The molecule has 1 fully saturated rings. The Balaban J connectivity index is 1.48. The van der Waals surface area contributed by atoms with Crippen LogP contribution in [-0.4, -0.2) is 50.4 Å². The van der Waals surface area contributed by atoms with Crippen LogP contribution in [0.3, 0.4) is 0 Å². The van der Waals surface area contributed by atoms with Crippen LogP contribution in [0.1, 0.15) is 31.7 Å². The Morgan fingerprint density at radius 3 is 2.96 bits per heavy atom. The maximum Gasteiger partial charge on any atom is 0.231 e. The zero-order valence-electron chi connectivity index (χ0n) is 14.7. The van der Waals surface area contributed by atoms with Gasteiger partial charge in [0.15, 0.2) is 17.5 Å². The Labute approximate surface area is 144 Å². The first kappa shape index (κ1) is 16.9. The van der Waals surface area contributed by atoms with Crippen LogP contribution in [0.15, 0.2) is 23.2 Å². The quantitative estimate of drug-likeness (QED) is 0.638. The number of benzene rings is 1. The van der Waals surface area contributed by atoms with Crippen molar-refractivity contribution in [1.29, 1.82) is 0 Å². The number of nitrogens with zero attached hydrogens (tertiary/aromatic N) is 2. The molecule has 132 valence electrons. The molecule has 0 radical (unpaired) electrons. The van der Waals surface area contributed by atoms with E-state index < -0.39 is 0 Å². The highest BCUT2D eigenvalue weighted by atomic mass is 16.7. The Morgan fingerprint density at radius 2 is 2.12 bits per heavy atom. The van der Waals surface area contributed by atoms with E-state index in [0.29, 0.717) is 19.4 Å². The SMILES string of the molecule is CCN1CCCCC1CNC(=NC)NCc1ccc2c(c1)OCO2. The number of guanidine groups is 1. The summed E-state index contributed by atoms with van der Waals surface area (Å²) < 4.78 is 10.8. The average molecular weight is 332 g/mol. The van der Waals surface area contributed by atoms with Crippen molar-refractivity contribution in [3.05, 3.63) is 23.8 Å². The van der Waals surface area contributed by atoms with E-state index in [9.17, 15) is 0 Å². The third-order valence-electron chi connectivity index (χ3n) is 4.78. The van der Waals surface area contributed by atoms with Gasteiger partial charge in [-0.05, 0) is 43.6 Å². The molecule has 24 heavy (non-hydrogen) atoms. The van der Waals surface area contributed by atoms with Crippen molar-refractivity contribution in [3.8, 4) is 11.5 Å². The van der Waals surface area contributed by atoms with Crippen LogP contribution >= 0.6 is 0 Å². The summed E-state index contributed by atoms with van der Waals surface area (Å²) in [5.41, 5.74) is 1.15. The van der Waals surface area contributed by atoms with Gasteiger partial charge in [-0.1, -0.05) is 19.4 Å². The van der Waals surface area contributed by atoms with Gasteiger partial charge in [0.25, 0.3) is 0 Å². The normalized spacial score (nSPS) is 20.9. The molecule has 2 N–H and O–H groups in total. The molecule has 3 rings (SSSR count). The summed E-state index contributed by atoms with van der Waals surface area (Å²) >= 11 is 0. The van der Waals surface area contributed by atoms with Crippen LogP contribution in [0.5, 0.6) is 11.5 Å². The molecule has 0 aromatic heterocycles. The molecular formula is C18H28N4O2. The van der Waals surface area contributed by atoms with E-state index in [2.05, 4.69) is 27.4 Å². The molecule has 2 aliphatic heterocycles. The number of aliphatic imine (C=N–C) groups is 1. The van der Waals surface area contributed by atoms with Crippen molar-refractivity contribution in [2.75, 3.05) is 33.5 Å². The predicted molar refractivity (Wildman–Crippen MR) is 95.7 cm³/mol. The van der Waals surface area contributed by atoms with E-state index in [1.807, 2.05) is 25.2 Å². The average Bonchev–Trinajstić information content (AvgIpc) is 3.10. The number of nitrogens with one attached hydrogen (secondary N) is 2. The van der Waals surface area contributed by atoms with E-state index in [-0.39, 0.29) is 0 Å². The second-order valence-corrected chi connectivity index (χ2v) is 6.27. The molecule has 2 heterocycles. The lowest BCUT2D eigenvalue weighted by Gasteiger charge is -2.35. The maximum absolute atomic E-state index is 5.42. The molecule has 0 saturated carbocycles. The van der Waals surface area contributed by atoms with Crippen molar-refractivity contribution >= 4 is 5.96 Å². The molecule has 0 aliphatic carbocycles. The van der Waals surface area contributed by atoms with Gasteiger partial charge in [0.2, 0.25) is 6.79 Å². The minimum absolute atomic E-state index is 0.310. The van der Waals surface area contributed by atoms with Gasteiger partial charge < -0.3 is 20.1 Å². The highest BCUT2D eigenvalue weighted by Crippen LogP contribution is 2.32. The van der Waals surface area contributed by atoms with E-state index in [1.54, 1.807) is 0 Å². The van der Waals surface area contributed by atoms with Crippen molar-refractivity contribution < 1.29 is 9.47 Å². The van der Waals surface area contributed by atoms with Crippen molar-refractivity contribution in [3.63, 3.8) is 0 Å². The monoisotopic (exact) mass is 332 g/mol. The molecule has 1 aromatic carbocycles. The number of likely N-dealkylation sites (tertiary alicyclic amines) is 1. The fourth-order valence-corrected chi connectivity index (χ4v) is 3.38. The lowest BCUT2D eigenvalue weighted by atomic mass is 10.0. The predicted octanol–water partition coefficient (Wildman–Crippen LogP) is 1.95. The van der Waals surface area contributed by atoms with Crippen LogP contribution in [0, 0.1) is 0 Å². The number of hydrogen-bond donors (Lipinski definition) is 2. The highest BCUT2D eigenvalue weighted by Gasteiger charge is 2.20. The van der Waals surface area contributed by atoms with Gasteiger partial charge in [0.05, 0.1) is 0 Å². The van der Waals surface area contributed by atoms with Crippen LogP contribution < -0.4 is 20.1 Å². The van der Waals surface area contributed by atoms with Gasteiger partial charge in [0, 0.05) is 26.2 Å². The number of hydrogen-bond acceptors (Lipinski definition) is 4. The van der Waals surface area contributed by atoms with Gasteiger partial charge in [-0.3, -0.25) is 9.89 Å². The lowest BCUT2D eigenvalue weighted by molar-refractivity contribution is 0.157. The van der Waals surface area contributed by atoms with Crippen LogP contribution in [-0.2, 0) is 6.54 Å². The first-order valence-electron chi connectivity index (χ1n) is 8.87. The van der Waals surface area contributed by atoms with Gasteiger partial charge in [0.1, 0.15) is 0 Å². The molecule has 0 amide bonds. The third-order valence-corrected chi connectivity index (χ3v) is 4.78. The summed E-state index contributed by atoms with van der Waals surface area (Å²) in [6.07, 6.45) is 3.91. The van der Waals surface area contributed by atoms with Crippen molar-refractivity contribution in [1.82, 2.24) is 15.5 Å². The standard InChI is InChI=1S/C18H28N4O2/c1-3-22-9-5-4-6-15(22)12-21-18(19-2)20-11-14-7-8-16-17(10-14)24-13-23-16/h7-8,10,15H,3-6,9,11-13H2,1-2H3,(H2,19,20,21). The number of ether oxygens (including phenoxy) is 2. The summed E-state index contributed by atoms with van der Waals surface area (Å²) in [7, 11) is 1.81. The van der Waals surface area contributed by atoms with Crippen LogP contribution in [0.4, 0.5) is 0 Å². The van der Waals surface area contributed by atoms with Gasteiger partial charge in [-0.2, -0.15) is 0 Å². The molecule has 6 nitrogen and oxygen atoms in total. The van der Waals surface area contributed by atoms with E-state index in [0.717, 1.165) is 36.1 Å². The van der Waals surface area contributed by atoms with Gasteiger partial charge in [-0.15, -0.1) is 0 Å². The topological polar surface area (TPSA) is 58.1 Å². The van der Waals surface area contributed by atoms with Crippen LogP contribution in [0.25, 0.3) is 0 Å². The lowest BCUT2D eigenvalue weighted by Crippen LogP contribution is -2.48. The fourth-order valence-electron chi connectivity index (χ4n) is 3.38. The summed E-state index contributed by atoms with van der Waals surface area (Å²) in [6.45, 7) is 6.53. The maximum atomic E-state index is 5.42. The van der Waals surface area contributed by atoms with Gasteiger partial charge >= 0.3 is 0 Å². The summed E-state index contributed by atoms with van der Waals surface area (Å²) in [5.74, 6) is 2.48. The Bertz CT molecular complexity index is 576. The molecule has 0 spiro atoms. The van der Waals surface area contributed by atoms with Crippen LogP contribution in [0.2, 0.25) is 0 Å². The molecule has 0 bridgehead atoms. The second kappa shape index (κ2) is 8.24. The molecule has 6 heteroatoms. The smallest absolute Gasteiger partial charge is 0.231 e. The summed E-state index contributed by atoms with van der Waals surface area (Å²) in [5, 5.41) is 6.84. The second-order valence-electron chi connectivity index (χ2n) is 6.27. The first-order chi connectivity index (χ1) is 11.8. The molecule has 1 aromatic rings. The van der Waals surface area contributed by atoms with Crippen molar-refractivity contribution in [2.24, 2.45) is 4.99 Å². The number of fused-ring (bicyclic) bond motifs is 1. The highest BCUT2D eigenvalue weighted by molar-refractivity contribution is 5.79. The number of rotatable bonds is 5. The van der Waals surface area contributed by atoms with Gasteiger partial charge in [-0.25, -0.2) is 0 Å². The minimum Gasteiger partial charge on any atom is -0.454 e. The number of likely N-dealkylation sites (N-methyl/N-ethyl adjacent to an activating group) is 1. The van der Waals surface area contributed by atoms with E-state index >= 15 is 0 Å². The largest absolute Gasteiger partial charge is 0.454 e.